The number of carboxylic acid groups (broad SMARTS) is 1. The van der Waals surface area contributed by atoms with E-state index in [1.54, 1.807) is 0 Å². The topological polar surface area (TPSA) is 140 Å². The number of carbonyl (C=O) groups is 2. The van der Waals surface area contributed by atoms with Gasteiger partial charge in [-0.05, 0) is 5.56 Å². The summed E-state index contributed by atoms with van der Waals surface area (Å²) in [5, 5.41) is 11.4. The van der Waals surface area contributed by atoms with Gasteiger partial charge in [0.15, 0.2) is 5.96 Å². The number of carbonyl (C=O) groups excluding carboxylic acids is 1. The predicted octanol–water partition coefficient (Wildman–Crippen LogP) is 0.373. The number of thioether (sulfide) groups is 1. The van der Waals surface area contributed by atoms with Crippen LogP contribution < -0.4 is 16.8 Å². The van der Waals surface area contributed by atoms with Gasteiger partial charge in [0.25, 0.3) is 0 Å². The number of aliphatic imine (C=N–C) groups is 1. The molecule has 0 heterocycles. The van der Waals surface area contributed by atoms with Crippen molar-refractivity contribution in [3.05, 3.63) is 35.9 Å². The van der Waals surface area contributed by atoms with E-state index in [0.29, 0.717) is 12.3 Å². The normalized spacial score (nSPS) is 11.3. The van der Waals surface area contributed by atoms with Crippen LogP contribution in [-0.2, 0) is 16.1 Å². The molecular formula is C14H20N4O4S. The third-order valence-corrected chi connectivity index (χ3v) is 3.66. The Morgan fingerprint density at radius 1 is 1.30 bits per heavy atom. The zero-order valence-corrected chi connectivity index (χ0v) is 13.3. The van der Waals surface area contributed by atoms with Crippen molar-refractivity contribution in [3.63, 3.8) is 0 Å². The molecule has 0 aromatic heterocycles. The van der Waals surface area contributed by atoms with E-state index in [1.807, 2.05) is 30.3 Å². The van der Waals surface area contributed by atoms with Crippen molar-refractivity contribution in [2.24, 2.45) is 16.5 Å². The van der Waals surface area contributed by atoms with Crippen LogP contribution in [0.15, 0.2) is 35.3 Å². The van der Waals surface area contributed by atoms with Crippen LogP contribution in [0.25, 0.3) is 0 Å². The summed E-state index contributed by atoms with van der Waals surface area (Å²) >= 11 is 1.32. The number of hydrogen-bond acceptors (Lipinski definition) is 5. The van der Waals surface area contributed by atoms with Crippen molar-refractivity contribution in [1.29, 1.82) is 0 Å². The molecular weight excluding hydrogens is 320 g/mol. The van der Waals surface area contributed by atoms with Gasteiger partial charge in [-0.1, -0.05) is 30.3 Å². The van der Waals surface area contributed by atoms with Crippen molar-refractivity contribution in [2.45, 2.75) is 12.6 Å². The Bertz CT molecular complexity index is 535. The molecule has 0 saturated heterocycles. The number of guanidine groups is 1. The van der Waals surface area contributed by atoms with E-state index in [4.69, 9.17) is 21.3 Å². The molecule has 0 unspecified atom stereocenters. The van der Waals surface area contributed by atoms with Gasteiger partial charge in [0.05, 0.1) is 6.54 Å². The lowest BCUT2D eigenvalue weighted by molar-refractivity contribution is -0.138. The molecule has 1 rings (SSSR count). The lowest BCUT2D eigenvalue weighted by atomic mass is 10.2. The third-order valence-electron chi connectivity index (χ3n) is 2.62. The van der Waals surface area contributed by atoms with Gasteiger partial charge in [-0.25, -0.2) is 9.59 Å². The summed E-state index contributed by atoms with van der Waals surface area (Å²) in [6.45, 7) is 0.467. The van der Waals surface area contributed by atoms with Gasteiger partial charge in [-0.2, -0.15) is 11.8 Å². The predicted molar refractivity (Wildman–Crippen MR) is 89.2 cm³/mol. The number of nitrogens with zero attached hydrogens (tertiary/aromatic N) is 1. The van der Waals surface area contributed by atoms with Crippen LogP contribution in [-0.4, -0.2) is 47.2 Å². The number of nitrogens with one attached hydrogen (secondary N) is 1. The van der Waals surface area contributed by atoms with Gasteiger partial charge in [-0.3, -0.25) is 4.99 Å². The fourth-order valence-corrected chi connectivity index (χ4v) is 2.37. The number of amides is 1. The molecule has 9 heteroatoms. The van der Waals surface area contributed by atoms with Crippen LogP contribution >= 0.6 is 11.8 Å². The van der Waals surface area contributed by atoms with E-state index >= 15 is 0 Å². The lowest BCUT2D eigenvalue weighted by Gasteiger charge is -2.14. The van der Waals surface area contributed by atoms with Crippen LogP contribution in [0.3, 0.4) is 0 Å². The summed E-state index contributed by atoms with van der Waals surface area (Å²) in [7, 11) is 0. The van der Waals surface area contributed by atoms with E-state index < -0.39 is 18.1 Å². The number of ether oxygens (including phenoxy) is 1. The smallest absolute Gasteiger partial charge is 0.408 e. The van der Waals surface area contributed by atoms with Crippen molar-refractivity contribution >= 4 is 29.8 Å². The molecule has 1 amide bonds. The highest BCUT2D eigenvalue weighted by Crippen LogP contribution is 2.05. The van der Waals surface area contributed by atoms with Gasteiger partial charge in [0.1, 0.15) is 12.6 Å². The van der Waals surface area contributed by atoms with Crippen molar-refractivity contribution in [2.75, 3.05) is 18.1 Å². The molecule has 0 spiro atoms. The molecule has 1 aromatic rings. The van der Waals surface area contributed by atoms with Crippen LogP contribution in [0.1, 0.15) is 5.56 Å². The highest BCUT2D eigenvalue weighted by molar-refractivity contribution is 7.99. The average Bonchev–Trinajstić information content (AvgIpc) is 2.52. The molecule has 1 atom stereocenters. The monoisotopic (exact) mass is 340 g/mol. The van der Waals surface area contributed by atoms with Gasteiger partial charge in [0.2, 0.25) is 0 Å². The van der Waals surface area contributed by atoms with Crippen molar-refractivity contribution in [3.8, 4) is 0 Å². The average molecular weight is 340 g/mol. The Morgan fingerprint density at radius 2 is 2.00 bits per heavy atom. The largest absolute Gasteiger partial charge is 0.480 e. The minimum atomic E-state index is -1.13. The number of nitrogens with two attached hydrogens (primary N) is 2. The first-order chi connectivity index (χ1) is 11.0. The van der Waals surface area contributed by atoms with E-state index in [1.165, 1.54) is 11.8 Å². The SMILES string of the molecule is NC(N)=NCCSC[C@@H](NC(=O)OCc1ccccc1)C(=O)O. The lowest BCUT2D eigenvalue weighted by Crippen LogP contribution is -2.42. The maximum atomic E-state index is 11.6. The molecule has 0 radical (unpaired) electrons. The summed E-state index contributed by atoms with van der Waals surface area (Å²) in [6, 6.07) is 8.07. The number of rotatable bonds is 9. The van der Waals surface area contributed by atoms with E-state index in [-0.39, 0.29) is 18.3 Å². The second-order valence-corrected chi connectivity index (χ2v) is 5.63. The molecule has 23 heavy (non-hydrogen) atoms. The van der Waals surface area contributed by atoms with Gasteiger partial charge < -0.3 is 26.6 Å². The zero-order chi connectivity index (χ0) is 17.1. The number of aliphatic carboxylic acids is 1. The summed E-state index contributed by atoms with van der Waals surface area (Å²) < 4.78 is 4.99. The highest BCUT2D eigenvalue weighted by atomic mass is 32.2. The first-order valence-corrected chi connectivity index (χ1v) is 7.97. The van der Waals surface area contributed by atoms with Crippen LogP contribution in [0.2, 0.25) is 0 Å². The molecule has 0 bridgehead atoms. The minimum Gasteiger partial charge on any atom is -0.480 e. The van der Waals surface area contributed by atoms with Crippen LogP contribution in [0.4, 0.5) is 4.79 Å². The van der Waals surface area contributed by atoms with Crippen LogP contribution in [0.5, 0.6) is 0 Å². The Morgan fingerprint density at radius 3 is 2.61 bits per heavy atom. The summed E-state index contributed by atoms with van der Waals surface area (Å²) in [5.74, 6) is -0.405. The Kier molecular flexibility index (Phi) is 8.37. The number of alkyl carbamates (subject to hydrolysis) is 1. The fourth-order valence-electron chi connectivity index (χ4n) is 1.52. The van der Waals surface area contributed by atoms with Gasteiger partial charge in [-0.15, -0.1) is 0 Å². The molecule has 0 saturated carbocycles. The molecule has 0 aliphatic heterocycles. The highest BCUT2D eigenvalue weighted by Gasteiger charge is 2.20. The second-order valence-electron chi connectivity index (χ2n) is 4.48. The summed E-state index contributed by atoms with van der Waals surface area (Å²) in [4.78, 5) is 26.6. The Labute approximate surface area is 138 Å². The van der Waals surface area contributed by atoms with Crippen molar-refractivity contribution < 1.29 is 19.4 Å². The standard InChI is InChI=1S/C14H20N4O4S/c15-13(16)17-6-7-23-9-11(12(19)20)18-14(21)22-8-10-4-2-1-3-5-10/h1-5,11H,6-9H2,(H,18,21)(H,19,20)(H4,15,16,17)/t11-/m1/s1. The Hall–Kier alpha value is -2.42. The van der Waals surface area contributed by atoms with E-state index in [9.17, 15) is 9.59 Å². The van der Waals surface area contributed by atoms with E-state index in [2.05, 4.69) is 10.3 Å². The molecule has 126 valence electrons. The third kappa shape index (κ3) is 8.57. The molecule has 1 aromatic carbocycles. The molecule has 0 aliphatic rings. The summed E-state index contributed by atoms with van der Waals surface area (Å²) in [5.41, 5.74) is 11.2. The van der Waals surface area contributed by atoms with E-state index in [0.717, 1.165) is 5.56 Å². The molecule has 0 fully saturated rings. The maximum Gasteiger partial charge on any atom is 0.408 e. The zero-order valence-electron chi connectivity index (χ0n) is 12.5. The molecule has 0 aliphatic carbocycles. The second kappa shape index (κ2) is 10.3. The first-order valence-electron chi connectivity index (χ1n) is 6.82. The number of benzene rings is 1. The first kappa shape index (κ1) is 18.6. The number of carboxylic acids is 1. The number of hydrogen-bond donors (Lipinski definition) is 4. The quantitative estimate of drug-likeness (QED) is 0.289. The molecule has 8 nitrogen and oxygen atoms in total. The van der Waals surface area contributed by atoms with Crippen molar-refractivity contribution in [1.82, 2.24) is 5.32 Å². The van der Waals surface area contributed by atoms with Gasteiger partial charge in [0, 0.05) is 11.5 Å². The minimum absolute atomic E-state index is 0.0111. The summed E-state index contributed by atoms with van der Waals surface area (Å²) in [6.07, 6.45) is -0.772. The van der Waals surface area contributed by atoms with Gasteiger partial charge >= 0.3 is 12.1 Å². The Balaban J connectivity index is 2.32. The van der Waals surface area contributed by atoms with Crippen LogP contribution in [0, 0.1) is 0 Å². The molecule has 6 N–H and O–H groups in total. The maximum absolute atomic E-state index is 11.6. The fraction of sp³-hybridized carbons (Fsp3) is 0.357.